The van der Waals surface area contributed by atoms with Gasteiger partial charge in [0.15, 0.2) is 0 Å². The molecule has 0 spiro atoms. The van der Waals surface area contributed by atoms with E-state index in [1.807, 2.05) is 41.8 Å². The Hall–Kier alpha value is -2.47. The molecule has 23 heavy (non-hydrogen) atoms. The summed E-state index contributed by atoms with van der Waals surface area (Å²) in [6.45, 7) is 0.651. The summed E-state index contributed by atoms with van der Waals surface area (Å²) in [7, 11) is 0. The molecular formula is C17H17N3O2S. The van der Waals surface area contributed by atoms with Gasteiger partial charge in [-0.2, -0.15) is 0 Å². The molecule has 2 aromatic heterocycles. The fourth-order valence-corrected chi connectivity index (χ4v) is 2.85. The third-order valence-electron chi connectivity index (χ3n) is 3.33. The van der Waals surface area contributed by atoms with Gasteiger partial charge in [-0.25, -0.2) is 0 Å². The van der Waals surface area contributed by atoms with Crippen LogP contribution in [0.1, 0.15) is 17.2 Å². The van der Waals surface area contributed by atoms with Crippen LogP contribution in [-0.2, 0) is 17.6 Å². The van der Waals surface area contributed by atoms with Gasteiger partial charge in [0, 0.05) is 29.8 Å². The summed E-state index contributed by atoms with van der Waals surface area (Å²) in [5.41, 5.74) is 0.881. The van der Waals surface area contributed by atoms with E-state index in [-0.39, 0.29) is 5.91 Å². The minimum absolute atomic E-state index is 0.000942. The number of aryl methyl sites for hydroxylation is 1. The number of nitrogens with zero attached hydrogens (tertiary/aromatic N) is 2. The number of nitrogens with one attached hydrogen (secondary N) is 1. The number of hydrogen-bond acceptors (Lipinski definition) is 5. The molecule has 0 bridgehead atoms. The fourth-order valence-electron chi connectivity index (χ4n) is 2.14. The standard InChI is InChI=1S/C17H17N3O2S/c21-15(18-11-10-14-7-4-12-23-14)8-9-16-19-20-17(22-16)13-5-2-1-3-6-13/h1-7,12H,8-11H2,(H,18,21). The lowest BCUT2D eigenvalue weighted by Gasteiger charge is -2.02. The molecule has 6 heteroatoms. The molecule has 3 rings (SSSR count). The van der Waals surface area contributed by atoms with E-state index in [0.717, 1.165) is 12.0 Å². The van der Waals surface area contributed by atoms with Gasteiger partial charge < -0.3 is 9.73 Å². The van der Waals surface area contributed by atoms with Gasteiger partial charge in [-0.3, -0.25) is 4.79 Å². The number of carbonyl (C=O) groups excluding carboxylic acids is 1. The van der Waals surface area contributed by atoms with E-state index in [9.17, 15) is 4.79 Å². The Labute approximate surface area is 138 Å². The molecule has 0 atom stereocenters. The van der Waals surface area contributed by atoms with Crippen LogP contribution in [0.4, 0.5) is 0 Å². The zero-order valence-electron chi connectivity index (χ0n) is 12.6. The highest BCUT2D eigenvalue weighted by molar-refractivity contribution is 7.09. The molecule has 1 aromatic carbocycles. The predicted molar refractivity (Wildman–Crippen MR) is 89.1 cm³/mol. The molecule has 0 saturated heterocycles. The van der Waals surface area contributed by atoms with Gasteiger partial charge in [0.25, 0.3) is 0 Å². The highest BCUT2D eigenvalue weighted by Gasteiger charge is 2.10. The topological polar surface area (TPSA) is 68.0 Å². The quantitative estimate of drug-likeness (QED) is 0.724. The second-order valence-corrected chi connectivity index (χ2v) is 6.08. The number of carbonyl (C=O) groups is 1. The van der Waals surface area contributed by atoms with Gasteiger partial charge >= 0.3 is 0 Å². The molecule has 0 aliphatic rings. The smallest absolute Gasteiger partial charge is 0.247 e. The van der Waals surface area contributed by atoms with Crippen molar-refractivity contribution >= 4 is 17.2 Å². The van der Waals surface area contributed by atoms with E-state index in [1.54, 1.807) is 11.3 Å². The Morgan fingerprint density at radius 2 is 1.96 bits per heavy atom. The van der Waals surface area contributed by atoms with Crippen LogP contribution in [0.2, 0.25) is 0 Å². The van der Waals surface area contributed by atoms with E-state index >= 15 is 0 Å². The molecule has 5 nitrogen and oxygen atoms in total. The van der Waals surface area contributed by atoms with Gasteiger partial charge in [-0.15, -0.1) is 21.5 Å². The average Bonchev–Trinajstić information content (AvgIpc) is 3.25. The van der Waals surface area contributed by atoms with Gasteiger partial charge in [0.2, 0.25) is 17.7 Å². The van der Waals surface area contributed by atoms with Gasteiger partial charge in [0.1, 0.15) is 0 Å². The molecule has 0 radical (unpaired) electrons. The molecule has 2 heterocycles. The fraction of sp³-hybridized carbons (Fsp3) is 0.235. The Balaban J connectivity index is 1.43. The van der Waals surface area contributed by atoms with Gasteiger partial charge in [-0.05, 0) is 30.0 Å². The van der Waals surface area contributed by atoms with Crippen LogP contribution in [0.5, 0.6) is 0 Å². The Morgan fingerprint density at radius 1 is 1.09 bits per heavy atom. The molecule has 0 unspecified atom stereocenters. The molecule has 0 fully saturated rings. The molecule has 118 valence electrons. The average molecular weight is 327 g/mol. The number of benzene rings is 1. The molecule has 0 aliphatic carbocycles. The number of amides is 1. The van der Waals surface area contributed by atoms with E-state index < -0.39 is 0 Å². The van der Waals surface area contributed by atoms with E-state index in [2.05, 4.69) is 21.6 Å². The second-order valence-electron chi connectivity index (χ2n) is 5.05. The lowest BCUT2D eigenvalue weighted by Crippen LogP contribution is -2.25. The Kier molecular flexibility index (Phi) is 5.16. The maximum atomic E-state index is 11.8. The van der Waals surface area contributed by atoms with E-state index in [0.29, 0.717) is 31.2 Å². The number of aromatic nitrogens is 2. The van der Waals surface area contributed by atoms with Crippen LogP contribution in [0.25, 0.3) is 11.5 Å². The normalized spacial score (nSPS) is 10.6. The van der Waals surface area contributed by atoms with Crippen molar-refractivity contribution in [1.29, 1.82) is 0 Å². The number of thiophene rings is 1. The molecule has 1 N–H and O–H groups in total. The van der Waals surface area contributed by atoms with Crippen LogP contribution >= 0.6 is 11.3 Å². The molecule has 0 saturated carbocycles. The van der Waals surface area contributed by atoms with Crippen LogP contribution < -0.4 is 5.32 Å². The first-order valence-corrected chi connectivity index (χ1v) is 8.36. The van der Waals surface area contributed by atoms with E-state index in [4.69, 9.17) is 4.42 Å². The summed E-state index contributed by atoms with van der Waals surface area (Å²) < 4.78 is 5.58. The number of rotatable bonds is 7. The molecular weight excluding hydrogens is 310 g/mol. The van der Waals surface area contributed by atoms with Gasteiger partial charge in [0.05, 0.1) is 0 Å². The first-order chi connectivity index (χ1) is 11.3. The van der Waals surface area contributed by atoms with E-state index in [1.165, 1.54) is 4.88 Å². The van der Waals surface area contributed by atoms with Crippen LogP contribution in [0.3, 0.4) is 0 Å². The third-order valence-corrected chi connectivity index (χ3v) is 4.26. The van der Waals surface area contributed by atoms with Gasteiger partial charge in [-0.1, -0.05) is 24.3 Å². The van der Waals surface area contributed by atoms with Crippen molar-refractivity contribution in [2.45, 2.75) is 19.3 Å². The van der Waals surface area contributed by atoms with Crippen LogP contribution in [0, 0.1) is 0 Å². The SMILES string of the molecule is O=C(CCc1nnc(-c2ccccc2)o1)NCCc1cccs1. The lowest BCUT2D eigenvalue weighted by molar-refractivity contribution is -0.121. The third kappa shape index (κ3) is 4.50. The second kappa shape index (κ2) is 7.69. The zero-order chi connectivity index (χ0) is 15.9. The summed E-state index contributed by atoms with van der Waals surface area (Å²) in [6.07, 6.45) is 1.66. The van der Waals surface area contributed by atoms with Crippen molar-refractivity contribution in [3.8, 4) is 11.5 Å². The van der Waals surface area contributed by atoms with Crippen molar-refractivity contribution in [1.82, 2.24) is 15.5 Å². The summed E-state index contributed by atoms with van der Waals surface area (Å²) in [5, 5.41) is 13.0. The maximum absolute atomic E-state index is 11.8. The highest BCUT2D eigenvalue weighted by Crippen LogP contribution is 2.17. The highest BCUT2D eigenvalue weighted by atomic mass is 32.1. The molecule has 1 amide bonds. The largest absolute Gasteiger partial charge is 0.421 e. The Morgan fingerprint density at radius 3 is 2.74 bits per heavy atom. The zero-order valence-corrected chi connectivity index (χ0v) is 13.4. The lowest BCUT2D eigenvalue weighted by atomic mass is 10.2. The Bertz CT molecular complexity index is 738. The minimum Gasteiger partial charge on any atom is -0.421 e. The van der Waals surface area contributed by atoms with Crippen LogP contribution in [0.15, 0.2) is 52.3 Å². The van der Waals surface area contributed by atoms with Crippen molar-refractivity contribution in [3.05, 3.63) is 58.6 Å². The summed E-state index contributed by atoms with van der Waals surface area (Å²) in [6, 6.07) is 13.7. The first-order valence-electron chi connectivity index (χ1n) is 7.48. The predicted octanol–water partition coefficient (Wildman–Crippen LogP) is 3.09. The van der Waals surface area contributed by atoms with Crippen molar-refractivity contribution in [2.24, 2.45) is 0 Å². The van der Waals surface area contributed by atoms with Crippen LogP contribution in [-0.4, -0.2) is 22.6 Å². The summed E-state index contributed by atoms with van der Waals surface area (Å²) in [4.78, 5) is 13.1. The maximum Gasteiger partial charge on any atom is 0.247 e. The van der Waals surface area contributed by atoms with Crippen molar-refractivity contribution < 1.29 is 9.21 Å². The number of hydrogen-bond donors (Lipinski definition) is 1. The summed E-state index contributed by atoms with van der Waals surface area (Å²) >= 11 is 1.70. The first kappa shape index (κ1) is 15.4. The minimum atomic E-state index is 0.000942. The molecule has 0 aliphatic heterocycles. The molecule has 3 aromatic rings. The summed E-state index contributed by atoms with van der Waals surface area (Å²) in [5.74, 6) is 0.969. The van der Waals surface area contributed by atoms with Crippen molar-refractivity contribution in [2.75, 3.05) is 6.54 Å². The van der Waals surface area contributed by atoms with Crippen molar-refractivity contribution in [3.63, 3.8) is 0 Å². The monoisotopic (exact) mass is 327 g/mol.